The smallest absolute Gasteiger partial charge is 0.0898 e. The number of aliphatic hydroxyl groups is 1. The minimum absolute atomic E-state index is 0. The second-order valence-electron chi connectivity index (χ2n) is 3.43. The zero-order chi connectivity index (χ0) is 11.4. The van der Waals surface area contributed by atoms with E-state index in [0.29, 0.717) is 13.1 Å². The standard InChI is InChI=1S/C10H14N4OS.ClH/c1-8-13-10(7-16-8)4-11-9-5-12-14(6-9)2-3-15;/h5-7,11,15H,2-4H2,1H3;1H. The summed E-state index contributed by atoms with van der Waals surface area (Å²) in [6.07, 6.45) is 3.62. The molecule has 0 aliphatic rings. The molecular formula is C10H15ClN4OS. The maximum atomic E-state index is 8.75. The van der Waals surface area contributed by atoms with Crippen molar-refractivity contribution in [1.82, 2.24) is 14.8 Å². The highest BCUT2D eigenvalue weighted by Gasteiger charge is 2.00. The second kappa shape index (κ2) is 6.58. The van der Waals surface area contributed by atoms with Crippen molar-refractivity contribution in [2.24, 2.45) is 0 Å². The molecule has 2 heterocycles. The van der Waals surface area contributed by atoms with E-state index >= 15 is 0 Å². The average Bonchev–Trinajstić information content (AvgIpc) is 2.85. The predicted molar refractivity (Wildman–Crippen MR) is 70.7 cm³/mol. The summed E-state index contributed by atoms with van der Waals surface area (Å²) in [5, 5.41) is 19.2. The van der Waals surface area contributed by atoms with Crippen molar-refractivity contribution in [3.63, 3.8) is 0 Å². The van der Waals surface area contributed by atoms with Crippen LogP contribution < -0.4 is 5.32 Å². The molecule has 0 aliphatic heterocycles. The van der Waals surface area contributed by atoms with Gasteiger partial charge in [0, 0.05) is 11.6 Å². The molecule has 2 N–H and O–H groups in total. The molecule has 0 aliphatic carbocycles. The minimum Gasteiger partial charge on any atom is -0.394 e. The van der Waals surface area contributed by atoms with Crippen molar-refractivity contribution in [3.05, 3.63) is 28.5 Å². The van der Waals surface area contributed by atoms with Gasteiger partial charge in [-0.3, -0.25) is 4.68 Å². The zero-order valence-electron chi connectivity index (χ0n) is 9.46. The van der Waals surface area contributed by atoms with Crippen molar-refractivity contribution >= 4 is 29.4 Å². The Balaban J connectivity index is 0.00000144. The van der Waals surface area contributed by atoms with Crippen molar-refractivity contribution in [3.8, 4) is 0 Å². The Labute approximate surface area is 110 Å². The van der Waals surface area contributed by atoms with Crippen LogP contribution in [0.15, 0.2) is 17.8 Å². The minimum atomic E-state index is 0. The van der Waals surface area contributed by atoms with Gasteiger partial charge < -0.3 is 10.4 Å². The molecule has 0 unspecified atom stereocenters. The van der Waals surface area contributed by atoms with E-state index in [1.165, 1.54) is 0 Å². The Morgan fingerprint density at radius 2 is 2.35 bits per heavy atom. The maximum Gasteiger partial charge on any atom is 0.0898 e. The summed E-state index contributed by atoms with van der Waals surface area (Å²) < 4.78 is 1.70. The van der Waals surface area contributed by atoms with E-state index in [2.05, 4.69) is 15.4 Å². The molecule has 0 spiro atoms. The van der Waals surface area contributed by atoms with Crippen LogP contribution in [-0.4, -0.2) is 26.5 Å². The normalized spacial score (nSPS) is 10.0. The lowest BCUT2D eigenvalue weighted by Gasteiger charge is -1.99. The molecule has 0 bridgehead atoms. The van der Waals surface area contributed by atoms with Gasteiger partial charge in [-0.25, -0.2) is 4.98 Å². The first kappa shape index (κ1) is 14.0. The van der Waals surface area contributed by atoms with Crippen LogP contribution in [0, 0.1) is 6.92 Å². The fraction of sp³-hybridized carbons (Fsp3) is 0.400. The Bertz CT molecular complexity index is 457. The van der Waals surface area contributed by atoms with E-state index in [1.54, 1.807) is 22.2 Å². The summed E-state index contributed by atoms with van der Waals surface area (Å²) in [6.45, 7) is 3.33. The Morgan fingerprint density at radius 1 is 1.53 bits per heavy atom. The first-order valence-electron chi connectivity index (χ1n) is 5.06. The number of halogens is 1. The highest BCUT2D eigenvalue weighted by Crippen LogP contribution is 2.11. The quantitative estimate of drug-likeness (QED) is 0.871. The Hall–Kier alpha value is -1.11. The highest BCUT2D eigenvalue weighted by atomic mass is 35.5. The van der Waals surface area contributed by atoms with Gasteiger partial charge in [0.2, 0.25) is 0 Å². The van der Waals surface area contributed by atoms with E-state index in [-0.39, 0.29) is 19.0 Å². The molecule has 0 amide bonds. The summed E-state index contributed by atoms with van der Waals surface area (Å²) >= 11 is 1.65. The van der Waals surface area contributed by atoms with Crippen molar-refractivity contribution in [2.45, 2.75) is 20.0 Å². The predicted octanol–water partition coefficient (Wildman–Crippen LogP) is 1.67. The number of aromatic nitrogens is 3. The summed E-state index contributed by atoms with van der Waals surface area (Å²) in [7, 11) is 0. The summed E-state index contributed by atoms with van der Waals surface area (Å²) in [4.78, 5) is 4.36. The first-order chi connectivity index (χ1) is 7.78. The lowest BCUT2D eigenvalue weighted by molar-refractivity contribution is 0.269. The number of hydrogen-bond donors (Lipinski definition) is 2. The molecule has 2 aromatic heterocycles. The van der Waals surface area contributed by atoms with Crippen LogP contribution in [0.25, 0.3) is 0 Å². The highest BCUT2D eigenvalue weighted by molar-refractivity contribution is 7.09. The van der Waals surface area contributed by atoms with Crippen LogP contribution in [0.5, 0.6) is 0 Å². The SMILES string of the molecule is Cc1nc(CNc2cnn(CCO)c2)cs1.Cl. The number of aliphatic hydroxyl groups excluding tert-OH is 1. The van der Waals surface area contributed by atoms with E-state index in [4.69, 9.17) is 5.11 Å². The summed E-state index contributed by atoms with van der Waals surface area (Å²) in [5.74, 6) is 0. The largest absolute Gasteiger partial charge is 0.394 e. The molecule has 0 aromatic carbocycles. The lowest BCUT2D eigenvalue weighted by Crippen LogP contribution is -2.02. The molecule has 2 aromatic rings. The number of rotatable bonds is 5. The van der Waals surface area contributed by atoms with Crippen LogP contribution in [0.2, 0.25) is 0 Å². The molecule has 7 heteroatoms. The third kappa shape index (κ3) is 3.99. The number of aryl methyl sites for hydroxylation is 1. The lowest BCUT2D eigenvalue weighted by atomic mass is 10.4. The van der Waals surface area contributed by atoms with Gasteiger partial charge in [-0.15, -0.1) is 23.7 Å². The van der Waals surface area contributed by atoms with E-state index in [1.807, 2.05) is 18.5 Å². The number of anilines is 1. The number of nitrogens with zero attached hydrogens (tertiary/aromatic N) is 3. The second-order valence-corrected chi connectivity index (χ2v) is 4.49. The number of thiazole rings is 1. The van der Waals surface area contributed by atoms with Gasteiger partial charge in [0.05, 0.1) is 42.3 Å². The molecule has 0 fully saturated rings. The third-order valence-corrected chi connectivity index (χ3v) is 2.92. The molecule has 94 valence electrons. The Morgan fingerprint density at radius 3 is 3.00 bits per heavy atom. The molecule has 0 radical (unpaired) electrons. The maximum absolute atomic E-state index is 8.75. The topological polar surface area (TPSA) is 63.0 Å². The van der Waals surface area contributed by atoms with Gasteiger partial charge in [-0.2, -0.15) is 5.10 Å². The number of nitrogens with one attached hydrogen (secondary N) is 1. The van der Waals surface area contributed by atoms with Gasteiger partial charge in [-0.1, -0.05) is 0 Å². The summed E-state index contributed by atoms with van der Waals surface area (Å²) in [5.41, 5.74) is 1.98. The molecule has 17 heavy (non-hydrogen) atoms. The van der Waals surface area contributed by atoms with E-state index in [9.17, 15) is 0 Å². The van der Waals surface area contributed by atoms with Gasteiger partial charge in [0.1, 0.15) is 0 Å². The fourth-order valence-corrected chi connectivity index (χ4v) is 1.97. The van der Waals surface area contributed by atoms with Crippen molar-refractivity contribution < 1.29 is 5.11 Å². The Kier molecular flexibility index (Phi) is 5.40. The van der Waals surface area contributed by atoms with Gasteiger partial charge >= 0.3 is 0 Å². The zero-order valence-corrected chi connectivity index (χ0v) is 11.1. The van der Waals surface area contributed by atoms with Crippen LogP contribution >= 0.6 is 23.7 Å². The van der Waals surface area contributed by atoms with Crippen molar-refractivity contribution in [2.75, 3.05) is 11.9 Å². The van der Waals surface area contributed by atoms with Gasteiger partial charge in [-0.05, 0) is 6.92 Å². The summed E-state index contributed by atoms with van der Waals surface area (Å²) in [6, 6.07) is 0. The molecule has 0 saturated carbocycles. The van der Waals surface area contributed by atoms with Crippen LogP contribution in [0.1, 0.15) is 10.7 Å². The van der Waals surface area contributed by atoms with Crippen molar-refractivity contribution in [1.29, 1.82) is 0 Å². The third-order valence-electron chi connectivity index (χ3n) is 2.10. The molecule has 0 saturated heterocycles. The number of hydrogen-bond acceptors (Lipinski definition) is 5. The molecular weight excluding hydrogens is 260 g/mol. The van der Waals surface area contributed by atoms with Gasteiger partial charge in [0.15, 0.2) is 0 Å². The van der Waals surface area contributed by atoms with E-state index < -0.39 is 0 Å². The average molecular weight is 275 g/mol. The monoisotopic (exact) mass is 274 g/mol. The molecule has 2 rings (SSSR count). The van der Waals surface area contributed by atoms with Gasteiger partial charge in [0.25, 0.3) is 0 Å². The first-order valence-corrected chi connectivity index (χ1v) is 5.94. The van der Waals surface area contributed by atoms with Crippen LogP contribution in [0.3, 0.4) is 0 Å². The fourth-order valence-electron chi connectivity index (χ4n) is 1.36. The molecule has 0 atom stereocenters. The van der Waals surface area contributed by atoms with Crippen LogP contribution in [0.4, 0.5) is 5.69 Å². The van der Waals surface area contributed by atoms with E-state index in [0.717, 1.165) is 16.4 Å². The van der Waals surface area contributed by atoms with Crippen LogP contribution in [-0.2, 0) is 13.1 Å². The molecule has 5 nitrogen and oxygen atoms in total.